The van der Waals surface area contributed by atoms with Gasteiger partial charge in [-0.25, -0.2) is 13.1 Å². The van der Waals surface area contributed by atoms with Crippen LogP contribution < -0.4 is 10.0 Å². The lowest BCUT2D eigenvalue weighted by Gasteiger charge is -2.22. The number of hydrogen-bond donors (Lipinski definition) is 2. The zero-order valence-electron chi connectivity index (χ0n) is 14.3. The molecule has 0 heterocycles. The fourth-order valence-corrected chi connectivity index (χ4v) is 2.91. The molecule has 0 bridgehead atoms. The van der Waals surface area contributed by atoms with E-state index in [1.54, 1.807) is 6.92 Å². The SMILES string of the molecule is CCNC(=NCCNS(=O)(=O)CC)N(C)Cc1ccccc1Br.I. The molecule has 1 rings (SSSR count). The minimum absolute atomic E-state index is 0. The monoisotopic (exact) mass is 532 g/mol. The Hall–Kier alpha value is -0.390. The Morgan fingerprint density at radius 3 is 2.54 bits per heavy atom. The number of guanidine groups is 1. The predicted octanol–water partition coefficient (Wildman–Crippen LogP) is 2.40. The van der Waals surface area contributed by atoms with E-state index in [9.17, 15) is 8.42 Å². The summed E-state index contributed by atoms with van der Waals surface area (Å²) in [5, 5.41) is 3.22. The normalized spacial score (nSPS) is 11.8. The lowest BCUT2D eigenvalue weighted by molar-refractivity contribution is 0.476. The Bertz CT molecular complexity index is 626. The van der Waals surface area contributed by atoms with Gasteiger partial charge in [0.1, 0.15) is 0 Å². The maximum atomic E-state index is 11.4. The molecule has 0 aliphatic heterocycles. The van der Waals surface area contributed by atoms with Gasteiger partial charge in [-0.15, -0.1) is 24.0 Å². The van der Waals surface area contributed by atoms with E-state index >= 15 is 0 Å². The predicted molar refractivity (Wildman–Crippen MR) is 114 cm³/mol. The molecule has 0 saturated heterocycles. The molecule has 0 aliphatic carbocycles. The van der Waals surface area contributed by atoms with Crippen molar-refractivity contribution in [3.05, 3.63) is 34.3 Å². The molecular weight excluding hydrogens is 507 g/mol. The van der Waals surface area contributed by atoms with E-state index in [4.69, 9.17) is 0 Å². The Kier molecular flexibility index (Phi) is 11.8. The first-order chi connectivity index (χ1) is 10.9. The smallest absolute Gasteiger partial charge is 0.211 e. The summed E-state index contributed by atoms with van der Waals surface area (Å²) < 4.78 is 26.4. The van der Waals surface area contributed by atoms with Crippen LogP contribution in [0.3, 0.4) is 0 Å². The van der Waals surface area contributed by atoms with Crippen LogP contribution in [0.4, 0.5) is 0 Å². The zero-order valence-corrected chi connectivity index (χ0v) is 19.0. The van der Waals surface area contributed by atoms with Crippen molar-refractivity contribution < 1.29 is 8.42 Å². The first kappa shape index (κ1) is 23.6. The van der Waals surface area contributed by atoms with Crippen LogP contribution in [0.1, 0.15) is 19.4 Å². The fraction of sp³-hybridized carbons (Fsp3) is 0.533. The largest absolute Gasteiger partial charge is 0.357 e. The van der Waals surface area contributed by atoms with Crippen LogP contribution in [0, 0.1) is 0 Å². The van der Waals surface area contributed by atoms with Gasteiger partial charge >= 0.3 is 0 Å². The van der Waals surface area contributed by atoms with Crippen molar-refractivity contribution in [2.24, 2.45) is 4.99 Å². The van der Waals surface area contributed by atoms with Gasteiger partial charge in [0.05, 0.1) is 12.3 Å². The van der Waals surface area contributed by atoms with Crippen LogP contribution in [0.25, 0.3) is 0 Å². The molecule has 24 heavy (non-hydrogen) atoms. The molecule has 0 saturated carbocycles. The molecule has 1 aromatic carbocycles. The number of aliphatic imine (C=N–C) groups is 1. The number of hydrogen-bond acceptors (Lipinski definition) is 3. The van der Waals surface area contributed by atoms with E-state index in [-0.39, 0.29) is 29.7 Å². The molecule has 0 aromatic heterocycles. The highest BCUT2D eigenvalue weighted by Crippen LogP contribution is 2.17. The maximum absolute atomic E-state index is 11.4. The number of nitrogens with one attached hydrogen (secondary N) is 2. The van der Waals surface area contributed by atoms with Gasteiger partial charge in [-0.05, 0) is 25.5 Å². The summed E-state index contributed by atoms with van der Waals surface area (Å²) in [5.41, 5.74) is 1.16. The summed E-state index contributed by atoms with van der Waals surface area (Å²) in [6, 6.07) is 8.04. The lowest BCUT2D eigenvalue weighted by Crippen LogP contribution is -2.39. The van der Waals surface area contributed by atoms with Crippen LogP contribution in [0.2, 0.25) is 0 Å². The molecule has 0 radical (unpaired) electrons. The van der Waals surface area contributed by atoms with Crippen LogP contribution in [-0.4, -0.2) is 51.7 Å². The lowest BCUT2D eigenvalue weighted by atomic mass is 10.2. The number of halogens is 2. The third-order valence-corrected chi connectivity index (χ3v) is 5.31. The van der Waals surface area contributed by atoms with Crippen LogP contribution in [-0.2, 0) is 16.6 Å². The first-order valence-corrected chi connectivity index (χ1v) is 10.0. The van der Waals surface area contributed by atoms with E-state index in [0.29, 0.717) is 19.6 Å². The van der Waals surface area contributed by atoms with Gasteiger partial charge in [0.25, 0.3) is 0 Å². The summed E-state index contributed by atoms with van der Waals surface area (Å²) in [6.07, 6.45) is 0. The molecule has 0 atom stereocenters. The number of rotatable bonds is 8. The zero-order chi connectivity index (χ0) is 17.3. The molecule has 0 aliphatic rings. The van der Waals surface area contributed by atoms with Crippen molar-refractivity contribution in [1.29, 1.82) is 0 Å². The minimum atomic E-state index is -3.16. The van der Waals surface area contributed by atoms with Gasteiger partial charge in [-0.1, -0.05) is 34.1 Å². The summed E-state index contributed by atoms with van der Waals surface area (Å²) in [5.74, 6) is 0.831. The Labute approximate surface area is 170 Å². The van der Waals surface area contributed by atoms with Crippen LogP contribution >= 0.6 is 39.9 Å². The van der Waals surface area contributed by atoms with Gasteiger partial charge in [0, 0.05) is 31.2 Å². The van der Waals surface area contributed by atoms with Crippen molar-refractivity contribution in [1.82, 2.24) is 14.9 Å². The standard InChI is InChI=1S/C15H25BrN4O2S.HI/c1-4-17-15(18-10-11-19-23(21,22)5-2)20(3)12-13-8-6-7-9-14(13)16;/h6-9,19H,4-5,10-12H2,1-3H3,(H,17,18);1H. The van der Waals surface area contributed by atoms with Crippen molar-refractivity contribution in [3.63, 3.8) is 0 Å². The second kappa shape index (κ2) is 12.0. The average molecular weight is 533 g/mol. The second-order valence-corrected chi connectivity index (χ2v) is 7.93. The minimum Gasteiger partial charge on any atom is -0.357 e. The quantitative estimate of drug-likeness (QED) is 0.233. The summed E-state index contributed by atoms with van der Waals surface area (Å²) in [7, 11) is -1.21. The Balaban J connectivity index is 0.00000529. The van der Waals surface area contributed by atoms with Gasteiger partial charge in [-0.2, -0.15) is 0 Å². The molecule has 0 unspecified atom stereocenters. The van der Waals surface area contributed by atoms with Crippen molar-refractivity contribution in [2.75, 3.05) is 32.4 Å². The molecular formula is C15H26BrIN4O2S. The number of sulfonamides is 1. The van der Waals surface area contributed by atoms with Gasteiger partial charge < -0.3 is 10.2 Å². The number of benzene rings is 1. The molecule has 9 heteroatoms. The summed E-state index contributed by atoms with van der Waals surface area (Å²) in [6.45, 7) is 5.76. The topological polar surface area (TPSA) is 73.8 Å². The van der Waals surface area contributed by atoms with Crippen molar-refractivity contribution in [2.45, 2.75) is 20.4 Å². The second-order valence-electron chi connectivity index (χ2n) is 4.98. The van der Waals surface area contributed by atoms with E-state index in [0.717, 1.165) is 22.5 Å². The maximum Gasteiger partial charge on any atom is 0.211 e. The Morgan fingerprint density at radius 1 is 1.29 bits per heavy atom. The highest BCUT2D eigenvalue weighted by molar-refractivity contribution is 14.0. The fourth-order valence-electron chi connectivity index (χ4n) is 1.89. The molecule has 0 fully saturated rings. The van der Waals surface area contributed by atoms with E-state index in [2.05, 4.69) is 37.0 Å². The van der Waals surface area contributed by atoms with Crippen LogP contribution in [0.15, 0.2) is 33.7 Å². The third kappa shape index (κ3) is 8.63. The molecule has 1 aromatic rings. The summed E-state index contributed by atoms with van der Waals surface area (Å²) in [4.78, 5) is 6.48. The Morgan fingerprint density at radius 2 is 1.96 bits per heavy atom. The number of nitrogens with zero attached hydrogens (tertiary/aromatic N) is 2. The summed E-state index contributed by atoms with van der Waals surface area (Å²) >= 11 is 3.54. The molecule has 138 valence electrons. The van der Waals surface area contributed by atoms with Crippen molar-refractivity contribution >= 4 is 55.9 Å². The molecule has 0 amide bonds. The highest BCUT2D eigenvalue weighted by Gasteiger charge is 2.09. The average Bonchev–Trinajstić information content (AvgIpc) is 2.52. The third-order valence-electron chi connectivity index (χ3n) is 3.14. The van der Waals surface area contributed by atoms with Gasteiger partial charge in [0.15, 0.2) is 5.96 Å². The van der Waals surface area contributed by atoms with Crippen molar-refractivity contribution in [3.8, 4) is 0 Å². The van der Waals surface area contributed by atoms with Gasteiger partial charge in [-0.3, -0.25) is 4.99 Å². The first-order valence-electron chi connectivity index (χ1n) is 7.59. The van der Waals surface area contributed by atoms with Crippen LogP contribution in [0.5, 0.6) is 0 Å². The van der Waals surface area contributed by atoms with E-state index in [1.807, 2.05) is 37.1 Å². The molecule has 6 nitrogen and oxygen atoms in total. The highest BCUT2D eigenvalue weighted by atomic mass is 127. The molecule has 2 N–H and O–H groups in total. The van der Waals surface area contributed by atoms with Gasteiger partial charge in [0.2, 0.25) is 10.0 Å². The molecule has 0 spiro atoms. The van der Waals surface area contributed by atoms with E-state index in [1.165, 1.54) is 0 Å². The van der Waals surface area contributed by atoms with E-state index < -0.39 is 10.0 Å².